The van der Waals surface area contributed by atoms with Gasteiger partial charge in [-0.3, -0.25) is 0 Å². The number of aromatic nitrogens is 4. The Morgan fingerprint density at radius 1 is 1.39 bits per heavy atom. The van der Waals surface area contributed by atoms with E-state index in [9.17, 15) is 0 Å². The Morgan fingerprint density at radius 2 is 2.33 bits per heavy atom. The van der Waals surface area contributed by atoms with E-state index in [4.69, 9.17) is 4.42 Å². The molecular formula is C11H9BrN4OS. The summed E-state index contributed by atoms with van der Waals surface area (Å²) in [7, 11) is 0. The molecule has 0 saturated carbocycles. The van der Waals surface area contributed by atoms with Gasteiger partial charge in [0.2, 0.25) is 0 Å². The van der Waals surface area contributed by atoms with Gasteiger partial charge in [0.05, 0.1) is 24.2 Å². The summed E-state index contributed by atoms with van der Waals surface area (Å²) in [6.07, 6.45) is 3.55. The second kappa shape index (κ2) is 5.03. The largest absolute Gasteiger partial charge is 0.462 e. The highest BCUT2D eigenvalue weighted by Gasteiger charge is 2.08. The first-order valence-corrected chi connectivity index (χ1v) is 7.28. The van der Waals surface area contributed by atoms with Crippen LogP contribution in [-0.2, 0) is 11.9 Å². The number of thiazole rings is 1. The van der Waals surface area contributed by atoms with E-state index in [1.54, 1.807) is 22.3 Å². The SMILES string of the molecule is BrCc1cn(Cc2csc(-c3ccco3)n2)nn1. The predicted octanol–water partition coefficient (Wildman–Crippen LogP) is 2.94. The lowest BCUT2D eigenvalue weighted by Crippen LogP contribution is -2.00. The van der Waals surface area contributed by atoms with Crippen molar-refractivity contribution in [1.29, 1.82) is 0 Å². The van der Waals surface area contributed by atoms with Crippen LogP contribution >= 0.6 is 27.3 Å². The second-order valence-corrected chi connectivity index (χ2v) is 5.08. The predicted molar refractivity (Wildman–Crippen MR) is 71.6 cm³/mol. The van der Waals surface area contributed by atoms with Crippen LogP contribution in [0.3, 0.4) is 0 Å². The van der Waals surface area contributed by atoms with E-state index in [2.05, 4.69) is 31.2 Å². The first-order chi connectivity index (χ1) is 8.85. The zero-order valence-corrected chi connectivity index (χ0v) is 11.7. The van der Waals surface area contributed by atoms with Crippen LogP contribution < -0.4 is 0 Å². The van der Waals surface area contributed by atoms with Gasteiger partial charge >= 0.3 is 0 Å². The highest BCUT2D eigenvalue weighted by atomic mass is 79.9. The molecule has 5 nitrogen and oxygen atoms in total. The van der Waals surface area contributed by atoms with Crippen LogP contribution in [0.2, 0.25) is 0 Å². The average Bonchev–Trinajstić information content (AvgIpc) is 3.10. The van der Waals surface area contributed by atoms with Crippen molar-refractivity contribution >= 4 is 27.3 Å². The molecule has 0 aromatic carbocycles. The Balaban J connectivity index is 1.77. The summed E-state index contributed by atoms with van der Waals surface area (Å²) in [5.41, 5.74) is 1.87. The molecule has 0 bridgehead atoms. The third-order valence-corrected chi connectivity index (χ3v) is 3.81. The van der Waals surface area contributed by atoms with E-state index >= 15 is 0 Å². The number of hydrogen-bond acceptors (Lipinski definition) is 5. The summed E-state index contributed by atoms with van der Waals surface area (Å²) < 4.78 is 7.09. The van der Waals surface area contributed by atoms with Gasteiger partial charge in [-0.15, -0.1) is 16.4 Å². The monoisotopic (exact) mass is 324 g/mol. The summed E-state index contributed by atoms with van der Waals surface area (Å²) in [5, 5.41) is 11.6. The van der Waals surface area contributed by atoms with E-state index in [0.29, 0.717) is 11.9 Å². The molecule has 0 saturated heterocycles. The smallest absolute Gasteiger partial charge is 0.162 e. The van der Waals surface area contributed by atoms with Gasteiger partial charge < -0.3 is 4.42 Å². The fourth-order valence-electron chi connectivity index (χ4n) is 1.54. The van der Waals surface area contributed by atoms with Gasteiger partial charge in [-0.1, -0.05) is 21.1 Å². The molecular weight excluding hydrogens is 316 g/mol. The Kier molecular flexibility index (Phi) is 3.24. The Morgan fingerprint density at radius 3 is 3.06 bits per heavy atom. The quantitative estimate of drug-likeness (QED) is 0.692. The third kappa shape index (κ3) is 2.37. The van der Waals surface area contributed by atoms with Gasteiger partial charge in [0.15, 0.2) is 10.8 Å². The van der Waals surface area contributed by atoms with Crippen molar-refractivity contribution < 1.29 is 4.42 Å². The van der Waals surface area contributed by atoms with Crippen LogP contribution in [0.15, 0.2) is 34.4 Å². The normalized spacial score (nSPS) is 10.9. The molecule has 0 aliphatic carbocycles. The van der Waals surface area contributed by atoms with Crippen molar-refractivity contribution in [2.45, 2.75) is 11.9 Å². The lowest BCUT2D eigenvalue weighted by atomic mass is 10.4. The van der Waals surface area contributed by atoms with Gasteiger partial charge in [0.25, 0.3) is 0 Å². The fraction of sp³-hybridized carbons (Fsp3) is 0.182. The minimum Gasteiger partial charge on any atom is -0.462 e. The third-order valence-electron chi connectivity index (χ3n) is 2.33. The second-order valence-electron chi connectivity index (χ2n) is 3.66. The van der Waals surface area contributed by atoms with Crippen molar-refractivity contribution in [3.63, 3.8) is 0 Å². The zero-order chi connectivity index (χ0) is 12.4. The van der Waals surface area contributed by atoms with Crippen LogP contribution in [0.4, 0.5) is 0 Å². The number of furan rings is 1. The van der Waals surface area contributed by atoms with Gasteiger partial charge in [-0.05, 0) is 12.1 Å². The Labute approximate surface area is 116 Å². The summed E-state index contributed by atoms with van der Waals surface area (Å²) in [4.78, 5) is 4.51. The van der Waals surface area contributed by atoms with Crippen LogP contribution in [0.5, 0.6) is 0 Å². The molecule has 3 heterocycles. The van der Waals surface area contributed by atoms with E-state index in [1.807, 2.05) is 23.7 Å². The highest BCUT2D eigenvalue weighted by molar-refractivity contribution is 9.08. The van der Waals surface area contributed by atoms with E-state index in [-0.39, 0.29) is 0 Å². The molecule has 0 N–H and O–H groups in total. The van der Waals surface area contributed by atoms with E-state index in [1.165, 1.54) is 0 Å². The molecule has 0 radical (unpaired) electrons. The van der Waals surface area contributed by atoms with Gasteiger partial charge in [0, 0.05) is 16.9 Å². The number of hydrogen-bond donors (Lipinski definition) is 0. The van der Waals surface area contributed by atoms with Crippen LogP contribution in [0.1, 0.15) is 11.4 Å². The minimum atomic E-state index is 0.622. The Bertz CT molecular complexity index is 631. The van der Waals surface area contributed by atoms with Crippen molar-refractivity contribution in [2.24, 2.45) is 0 Å². The maximum absolute atomic E-state index is 5.31. The lowest BCUT2D eigenvalue weighted by Gasteiger charge is -1.94. The molecule has 0 unspecified atom stereocenters. The summed E-state index contributed by atoms with van der Waals surface area (Å²) >= 11 is 4.91. The van der Waals surface area contributed by atoms with Crippen molar-refractivity contribution in [3.8, 4) is 10.8 Å². The van der Waals surface area contributed by atoms with E-state index < -0.39 is 0 Å². The molecule has 18 heavy (non-hydrogen) atoms. The van der Waals surface area contributed by atoms with E-state index in [0.717, 1.165) is 22.2 Å². The molecule has 3 aromatic heterocycles. The fourth-order valence-corrected chi connectivity index (χ4v) is 2.57. The van der Waals surface area contributed by atoms with Gasteiger partial charge in [-0.25, -0.2) is 9.67 Å². The summed E-state index contributed by atoms with van der Waals surface area (Å²) in [6, 6.07) is 3.76. The summed E-state index contributed by atoms with van der Waals surface area (Å²) in [5.74, 6) is 0.797. The van der Waals surface area contributed by atoms with Crippen molar-refractivity contribution in [3.05, 3.63) is 41.4 Å². The maximum Gasteiger partial charge on any atom is 0.162 e. The highest BCUT2D eigenvalue weighted by Crippen LogP contribution is 2.24. The number of alkyl halides is 1. The first-order valence-electron chi connectivity index (χ1n) is 5.28. The molecule has 0 fully saturated rings. The molecule has 0 aliphatic rings. The van der Waals surface area contributed by atoms with Gasteiger partial charge in [-0.2, -0.15) is 0 Å². The molecule has 7 heteroatoms. The van der Waals surface area contributed by atoms with Crippen LogP contribution in [0, 0.1) is 0 Å². The molecule has 0 aliphatic heterocycles. The van der Waals surface area contributed by atoms with Crippen molar-refractivity contribution in [1.82, 2.24) is 20.0 Å². The maximum atomic E-state index is 5.31. The topological polar surface area (TPSA) is 56.7 Å². The van der Waals surface area contributed by atoms with Crippen molar-refractivity contribution in [2.75, 3.05) is 0 Å². The first kappa shape index (κ1) is 11.6. The average molecular weight is 325 g/mol. The summed E-state index contributed by atoms with van der Waals surface area (Å²) in [6.45, 7) is 0.622. The number of rotatable bonds is 4. The zero-order valence-electron chi connectivity index (χ0n) is 9.28. The Hall–Kier alpha value is -1.47. The molecule has 3 rings (SSSR count). The van der Waals surface area contributed by atoms with Crippen LogP contribution in [0.25, 0.3) is 10.8 Å². The lowest BCUT2D eigenvalue weighted by molar-refractivity contribution is 0.581. The molecule has 0 spiro atoms. The number of nitrogens with zero attached hydrogens (tertiary/aromatic N) is 4. The minimum absolute atomic E-state index is 0.622. The molecule has 92 valence electrons. The number of halogens is 1. The molecule has 0 amide bonds. The van der Waals surface area contributed by atoms with Gasteiger partial charge in [0.1, 0.15) is 0 Å². The van der Waals surface area contributed by atoms with Crippen LogP contribution in [-0.4, -0.2) is 20.0 Å². The molecule has 3 aromatic rings. The standard InChI is InChI=1S/C11H9BrN4OS/c12-4-8-5-16(15-14-8)6-9-7-18-11(13-9)10-2-1-3-17-10/h1-3,5,7H,4,6H2. The molecule has 0 atom stereocenters.